The third-order valence-corrected chi connectivity index (χ3v) is 4.36. The molecule has 0 radical (unpaired) electrons. The molecule has 2 aliphatic rings. The number of cyclic esters (lactones) is 1. The molecule has 1 saturated carbocycles. The van der Waals surface area contributed by atoms with Gasteiger partial charge in [0.25, 0.3) is 5.54 Å². The van der Waals surface area contributed by atoms with E-state index in [2.05, 4.69) is 15.0 Å². The zero-order valence-electron chi connectivity index (χ0n) is 12.4. The molecule has 1 aliphatic heterocycles. The van der Waals surface area contributed by atoms with E-state index in [-0.39, 0.29) is 17.7 Å². The van der Waals surface area contributed by atoms with Crippen LogP contribution in [0.25, 0.3) is 4.85 Å². The van der Waals surface area contributed by atoms with E-state index in [1.807, 2.05) is 24.3 Å². The van der Waals surface area contributed by atoms with Crippen LogP contribution in [0.2, 0.25) is 0 Å². The molecule has 0 N–H and O–H groups in total. The normalized spacial score (nSPS) is 21.8. The SMILES string of the molecule is [C-]#[N+]C1(c2ccc(N3C[C@H](Cn4nccn4)OC3=O)cc2)CC1. The van der Waals surface area contributed by atoms with Crippen LogP contribution in [0, 0.1) is 6.57 Å². The Labute approximate surface area is 133 Å². The second-order valence-electron chi connectivity index (χ2n) is 5.89. The average molecular weight is 309 g/mol. The van der Waals surface area contributed by atoms with E-state index in [0.717, 1.165) is 24.1 Å². The minimum absolute atomic E-state index is 0.271. The third-order valence-electron chi connectivity index (χ3n) is 4.36. The first-order valence-electron chi connectivity index (χ1n) is 7.52. The number of hydrogen-bond acceptors (Lipinski definition) is 4. The number of anilines is 1. The number of carbonyl (C=O) groups is 1. The highest BCUT2D eigenvalue weighted by molar-refractivity contribution is 5.89. The minimum atomic E-state index is -0.360. The van der Waals surface area contributed by atoms with Crippen LogP contribution in [0.15, 0.2) is 36.7 Å². The van der Waals surface area contributed by atoms with Gasteiger partial charge in [0.15, 0.2) is 0 Å². The number of rotatable bonds is 4. The number of ether oxygens (including phenoxy) is 1. The van der Waals surface area contributed by atoms with Crippen molar-refractivity contribution in [3.8, 4) is 0 Å². The van der Waals surface area contributed by atoms with Gasteiger partial charge < -0.3 is 9.58 Å². The standard InChI is InChI=1S/C16H15N5O2/c1-17-16(6-7-16)12-2-4-13(5-3-12)20-10-14(23-15(20)22)11-21-18-8-9-19-21/h2-5,8-9,14H,6-7,10-11H2/t14-/m1/s1. The minimum Gasteiger partial charge on any atom is -0.442 e. The maximum atomic E-state index is 12.1. The monoisotopic (exact) mass is 309 g/mol. The Morgan fingerprint density at radius 1 is 1.26 bits per heavy atom. The fraction of sp³-hybridized carbons (Fsp3) is 0.375. The molecular weight excluding hydrogens is 294 g/mol. The Balaban J connectivity index is 1.48. The van der Waals surface area contributed by atoms with Crippen LogP contribution in [0.5, 0.6) is 0 Å². The lowest BCUT2D eigenvalue weighted by molar-refractivity contribution is 0.126. The first-order valence-corrected chi connectivity index (χ1v) is 7.52. The summed E-state index contributed by atoms with van der Waals surface area (Å²) in [6.45, 7) is 8.21. The Morgan fingerprint density at radius 3 is 2.57 bits per heavy atom. The molecule has 4 rings (SSSR count). The Morgan fingerprint density at radius 2 is 1.96 bits per heavy atom. The van der Waals surface area contributed by atoms with Crippen LogP contribution < -0.4 is 4.90 Å². The number of carbonyl (C=O) groups excluding carboxylic acids is 1. The van der Waals surface area contributed by atoms with Crippen molar-refractivity contribution in [1.82, 2.24) is 15.0 Å². The highest BCUT2D eigenvalue weighted by atomic mass is 16.6. The van der Waals surface area contributed by atoms with Crippen molar-refractivity contribution in [2.24, 2.45) is 0 Å². The molecule has 7 heteroatoms. The first-order chi connectivity index (χ1) is 11.2. The van der Waals surface area contributed by atoms with Crippen molar-refractivity contribution in [3.05, 3.63) is 53.6 Å². The molecule has 7 nitrogen and oxygen atoms in total. The van der Waals surface area contributed by atoms with Crippen molar-refractivity contribution >= 4 is 11.8 Å². The quantitative estimate of drug-likeness (QED) is 0.812. The molecule has 1 aromatic heterocycles. The second-order valence-corrected chi connectivity index (χ2v) is 5.89. The highest BCUT2D eigenvalue weighted by Gasteiger charge is 2.52. The third kappa shape index (κ3) is 2.42. The molecule has 116 valence electrons. The van der Waals surface area contributed by atoms with E-state index < -0.39 is 0 Å². The van der Waals surface area contributed by atoms with Gasteiger partial charge in [0.1, 0.15) is 6.10 Å². The van der Waals surface area contributed by atoms with E-state index >= 15 is 0 Å². The summed E-state index contributed by atoms with van der Waals surface area (Å²) >= 11 is 0. The maximum Gasteiger partial charge on any atom is 0.414 e. The summed E-state index contributed by atoms with van der Waals surface area (Å²) in [6, 6.07) is 7.65. The summed E-state index contributed by atoms with van der Waals surface area (Å²) in [5.41, 5.74) is 1.50. The molecular formula is C16H15N5O2. The lowest BCUT2D eigenvalue weighted by atomic mass is 10.1. The molecule has 1 aliphatic carbocycles. The lowest BCUT2D eigenvalue weighted by Crippen LogP contribution is -2.26. The van der Waals surface area contributed by atoms with Crippen molar-refractivity contribution in [1.29, 1.82) is 0 Å². The summed E-state index contributed by atoms with van der Waals surface area (Å²) < 4.78 is 5.37. The van der Waals surface area contributed by atoms with Gasteiger partial charge in [0, 0.05) is 24.1 Å². The predicted molar refractivity (Wildman–Crippen MR) is 81.6 cm³/mol. The van der Waals surface area contributed by atoms with Crippen molar-refractivity contribution in [2.75, 3.05) is 11.4 Å². The van der Waals surface area contributed by atoms with Gasteiger partial charge in [-0.1, -0.05) is 0 Å². The van der Waals surface area contributed by atoms with Crippen LogP contribution in [-0.2, 0) is 16.8 Å². The van der Waals surface area contributed by atoms with E-state index in [1.165, 1.54) is 4.80 Å². The van der Waals surface area contributed by atoms with Gasteiger partial charge in [-0.15, -0.1) is 0 Å². The smallest absolute Gasteiger partial charge is 0.414 e. The second kappa shape index (κ2) is 5.09. The molecule has 1 atom stereocenters. The molecule has 2 heterocycles. The van der Waals surface area contributed by atoms with Crippen LogP contribution in [0.1, 0.15) is 18.4 Å². The van der Waals surface area contributed by atoms with Crippen LogP contribution in [-0.4, -0.2) is 33.7 Å². The van der Waals surface area contributed by atoms with E-state index in [9.17, 15) is 4.79 Å². The molecule has 1 aromatic carbocycles. The van der Waals surface area contributed by atoms with E-state index in [1.54, 1.807) is 17.3 Å². The summed E-state index contributed by atoms with van der Waals surface area (Å²) in [5, 5.41) is 8.05. The van der Waals surface area contributed by atoms with Gasteiger partial charge in [-0.2, -0.15) is 15.0 Å². The summed E-state index contributed by atoms with van der Waals surface area (Å²) in [5.74, 6) is 0. The molecule has 0 spiro atoms. The summed E-state index contributed by atoms with van der Waals surface area (Å²) in [4.78, 5) is 18.9. The van der Waals surface area contributed by atoms with Gasteiger partial charge in [-0.25, -0.2) is 11.4 Å². The Hall–Kier alpha value is -2.88. The van der Waals surface area contributed by atoms with Gasteiger partial charge in [0.2, 0.25) is 0 Å². The van der Waals surface area contributed by atoms with Gasteiger partial charge in [-0.05, 0) is 24.3 Å². The molecule has 0 bridgehead atoms. The van der Waals surface area contributed by atoms with Crippen LogP contribution in [0.3, 0.4) is 0 Å². The van der Waals surface area contributed by atoms with Crippen LogP contribution >= 0.6 is 0 Å². The number of benzene rings is 1. The Kier molecular flexibility index (Phi) is 3.05. The first kappa shape index (κ1) is 13.8. The lowest BCUT2D eigenvalue weighted by Gasteiger charge is -2.13. The largest absolute Gasteiger partial charge is 0.442 e. The Bertz CT molecular complexity index is 759. The molecule has 23 heavy (non-hydrogen) atoms. The van der Waals surface area contributed by atoms with Crippen molar-refractivity contribution in [3.63, 3.8) is 0 Å². The maximum absolute atomic E-state index is 12.1. The summed E-state index contributed by atoms with van der Waals surface area (Å²) in [7, 11) is 0. The zero-order chi connectivity index (χ0) is 15.9. The predicted octanol–water partition coefficient (Wildman–Crippen LogP) is 2.21. The topological polar surface area (TPSA) is 64.6 Å². The molecule has 0 unspecified atom stereocenters. The number of aromatic nitrogens is 3. The van der Waals surface area contributed by atoms with Gasteiger partial charge in [-0.3, -0.25) is 4.90 Å². The molecule has 1 saturated heterocycles. The zero-order valence-corrected chi connectivity index (χ0v) is 12.4. The fourth-order valence-corrected chi connectivity index (χ4v) is 2.88. The number of amides is 1. The highest BCUT2D eigenvalue weighted by Crippen LogP contribution is 2.49. The van der Waals surface area contributed by atoms with Gasteiger partial charge >= 0.3 is 6.09 Å². The summed E-state index contributed by atoms with van der Waals surface area (Å²) in [6.07, 6.45) is 4.39. The van der Waals surface area contributed by atoms with Gasteiger partial charge in [0.05, 0.1) is 25.5 Å². The van der Waals surface area contributed by atoms with Crippen molar-refractivity contribution in [2.45, 2.75) is 31.0 Å². The molecule has 1 amide bonds. The number of nitrogens with zero attached hydrogens (tertiary/aromatic N) is 5. The van der Waals surface area contributed by atoms with Crippen molar-refractivity contribution < 1.29 is 9.53 Å². The van der Waals surface area contributed by atoms with Crippen LogP contribution in [0.4, 0.5) is 10.5 Å². The molecule has 2 fully saturated rings. The average Bonchev–Trinajstić information content (AvgIpc) is 3.05. The number of hydrogen-bond donors (Lipinski definition) is 0. The molecule has 2 aromatic rings. The van der Waals surface area contributed by atoms with E-state index in [4.69, 9.17) is 11.3 Å². The fourth-order valence-electron chi connectivity index (χ4n) is 2.88. The van der Waals surface area contributed by atoms with E-state index in [0.29, 0.717) is 13.1 Å².